The van der Waals surface area contributed by atoms with Gasteiger partial charge in [-0.3, -0.25) is 0 Å². The normalized spacial score (nSPS) is 10.2. The Kier molecular flexibility index (Phi) is 3.20. The van der Waals surface area contributed by atoms with E-state index in [1.54, 1.807) is 18.3 Å². The molecule has 0 saturated heterocycles. The van der Waals surface area contributed by atoms with Crippen LogP contribution in [0.4, 0.5) is 17.6 Å². The summed E-state index contributed by atoms with van der Waals surface area (Å²) in [5.41, 5.74) is 11.0. The van der Waals surface area contributed by atoms with Crippen LogP contribution in [0, 0.1) is 0 Å². The molecule has 0 saturated carbocycles. The topological polar surface area (TPSA) is 116 Å². The Hall–Kier alpha value is -2.15. The van der Waals surface area contributed by atoms with E-state index in [1.165, 1.54) is 0 Å². The summed E-state index contributed by atoms with van der Waals surface area (Å²) in [7, 11) is 0. The minimum absolute atomic E-state index is 0.105. The van der Waals surface area contributed by atoms with E-state index in [0.717, 1.165) is 0 Å². The van der Waals surface area contributed by atoms with E-state index >= 15 is 0 Å². The van der Waals surface area contributed by atoms with Gasteiger partial charge >= 0.3 is 0 Å². The number of hydrogen-bond donors (Lipinski definition) is 3. The molecule has 0 radical (unpaired) electrons. The van der Waals surface area contributed by atoms with Crippen LogP contribution in [-0.2, 0) is 6.54 Å². The van der Waals surface area contributed by atoms with Gasteiger partial charge in [0.2, 0.25) is 5.95 Å². The van der Waals surface area contributed by atoms with Crippen molar-refractivity contribution in [2.24, 2.45) is 0 Å². The molecule has 17 heavy (non-hydrogen) atoms. The quantitative estimate of drug-likeness (QED) is 0.688. The molecule has 0 amide bonds. The van der Waals surface area contributed by atoms with E-state index < -0.39 is 0 Å². The zero-order valence-electron chi connectivity index (χ0n) is 8.76. The van der Waals surface area contributed by atoms with Crippen molar-refractivity contribution in [1.29, 1.82) is 0 Å². The highest BCUT2D eigenvalue weighted by atomic mass is 35.5. The lowest BCUT2D eigenvalue weighted by Crippen LogP contribution is -2.08. The Morgan fingerprint density at radius 2 is 2.06 bits per heavy atom. The van der Waals surface area contributed by atoms with Crippen molar-refractivity contribution < 1.29 is 0 Å². The fourth-order valence-corrected chi connectivity index (χ4v) is 1.39. The molecule has 2 aromatic rings. The average Bonchev–Trinajstić information content (AvgIpc) is 2.25. The smallest absolute Gasteiger partial charge is 0.223 e. The van der Waals surface area contributed by atoms with Crippen LogP contribution in [0.2, 0.25) is 5.15 Å². The van der Waals surface area contributed by atoms with Crippen LogP contribution in [0.3, 0.4) is 0 Å². The molecule has 7 nitrogen and oxygen atoms in total. The van der Waals surface area contributed by atoms with Crippen LogP contribution in [-0.4, -0.2) is 19.9 Å². The van der Waals surface area contributed by atoms with Gasteiger partial charge in [-0.25, -0.2) is 15.0 Å². The van der Waals surface area contributed by atoms with Crippen LogP contribution in [0.15, 0.2) is 18.3 Å². The predicted octanol–water partition coefficient (Wildman–Crippen LogP) is 0.696. The number of hydrogen-bond acceptors (Lipinski definition) is 7. The summed E-state index contributed by atoms with van der Waals surface area (Å²) < 4.78 is 0. The van der Waals surface area contributed by atoms with Gasteiger partial charge in [-0.15, -0.1) is 0 Å². The highest BCUT2D eigenvalue weighted by Crippen LogP contribution is 2.12. The zero-order chi connectivity index (χ0) is 12.3. The van der Waals surface area contributed by atoms with E-state index in [0.29, 0.717) is 24.0 Å². The molecule has 2 aromatic heterocycles. The minimum Gasteiger partial charge on any atom is -0.384 e. The molecule has 2 heterocycles. The van der Waals surface area contributed by atoms with Crippen LogP contribution in [0.1, 0.15) is 5.82 Å². The second-order valence-corrected chi connectivity index (χ2v) is 3.57. The molecule has 0 aliphatic heterocycles. The number of nitrogens with zero attached hydrogens (tertiary/aromatic N) is 4. The standard InChI is InChI=1S/C9H10ClN7/c10-5-3-7(17-9(12)15-5)14-4-8-13-2-1-6(11)16-8/h1-3H,4H2,(H2,11,13,16)(H3,12,14,15,17). The second-order valence-electron chi connectivity index (χ2n) is 3.19. The molecule has 0 fully saturated rings. The monoisotopic (exact) mass is 251 g/mol. The Morgan fingerprint density at radius 3 is 2.76 bits per heavy atom. The summed E-state index contributed by atoms with van der Waals surface area (Å²) in [4.78, 5) is 15.8. The Balaban J connectivity index is 2.07. The summed E-state index contributed by atoms with van der Waals surface area (Å²) >= 11 is 5.73. The van der Waals surface area contributed by atoms with Gasteiger partial charge < -0.3 is 16.8 Å². The van der Waals surface area contributed by atoms with Gasteiger partial charge in [0.1, 0.15) is 22.6 Å². The lowest BCUT2D eigenvalue weighted by molar-refractivity contribution is 0.944. The summed E-state index contributed by atoms with van der Waals surface area (Å²) in [5, 5.41) is 3.25. The fourth-order valence-electron chi connectivity index (χ4n) is 1.20. The molecule has 0 unspecified atom stereocenters. The Bertz CT molecular complexity index is 510. The molecular formula is C9H10ClN7. The van der Waals surface area contributed by atoms with Gasteiger partial charge in [0.05, 0.1) is 6.54 Å². The van der Waals surface area contributed by atoms with Crippen molar-refractivity contribution in [3.05, 3.63) is 29.3 Å². The van der Waals surface area contributed by atoms with Gasteiger partial charge in [0.15, 0.2) is 0 Å². The number of anilines is 3. The van der Waals surface area contributed by atoms with Crippen molar-refractivity contribution in [1.82, 2.24) is 19.9 Å². The van der Waals surface area contributed by atoms with Crippen molar-refractivity contribution in [2.45, 2.75) is 6.54 Å². The molecule has 5 N–H and O–H groups in total. The predicted molar refractivity (Wildman–Crippen MR) is 65.2 cm³/mol. The molecule has 0 aliphatic rings. The number of nitrogens with two attached hydrogens (primary N) is 2. The highest BCUT2D eigenvalue weighted by molar-refractivity contribution is 6.29. The van der Waals surface area contributed by atoms with Crippen molar-refractivity contribution >= 4 is 29.2 Å². The van der Waals surface area contributed by atoms with Crippen molar-refractivity contribution in [2.75, 3.05) is 16.8 Å². The SMILES string of the molecule is Nc1ccnc(CNc2cc(Cl)nc(N)n2)n1. The minimum atomic E-state index is 0.105. The van der Waals surface area contributed by atoms with E-state index in [-0.39, 0.29) is 11.1 Å². The maximum Gasteiger partial charge on any atom is 0.223 e. The Labute approximate surface area is 102 Å². The summed E-state index contributed by atoms with van der Waals surface area (Å²) in [6.07, 6.45) is 1.58. The third-order valence-corrected chi connectivity index (χ3v) is 2.06. The molecular weight excluding hydrogens is 242 g/mol. The van der Waals surface area contributed by atoms with Crippen LogP contribution in [0.5, 0.6) is 0 Å². The maximum absolute atomic E-state index is 5.73. The second kappa shape index (κ2) is 4.79. The van der Waals surface area contributed by atoms with Crippen LogP contribution >= 0.6 is 11.6 Å². The summed E-state index contributed by atoms with van der Waals surface area (Å²) in [6, 6.07) is 3.17. The van der Waals surface area contributed by atoms with Gasteiger partial charge in [0, 0.05) is 12.3 Å². The molecule has 0 aromatic carbocycles. The lowest BCUT2D eigenvalue weighted by Gasteiger charge is -2.05. The molecule has 0 spiro atoms. The Morgan fingerprint density at radius 1 is 1.24 bits per heavy atom. The lowest BCUT2D eigenvalue weighted by atomic mass is 10.5. The maximum atomic E-state index is 5.73. The fraction of sp³-hybridized carbons (Fsp3) is 0.111. The first-order valence-corrected chi connectivity index (χ1v) is 5.12. The zero-order valence-corrected chi connectivity index (χ0v) is 9.52. The van der Waals surface area contributed by atoms with Crippen LogP contribution < -0.4 is 16.8 Å². The number of halogens is 1. The molecule has 88 valence electrons. The third kappa shape index (κ3) is 3.15. The van der Waals surface area contributed by atoms with Gasteiger partial charge in [-0.2, -0.15) is 4.98 Å². The van der Waals surface area contributed by atoms with E-state index in [4.69, 9.17) is 23.1 Å². The average molecular weight is 252 g/mol. The number of nitrogens with one attached hydrogen (secondary N) is 1. The van der Waals surface area contributed by atoms with E-state index in [9.17, 15) is 0 Å². The van der Waals surface area contributed by atoms with Gasteiger partial charge in [0.25, 0.3) is 0 Å². The van der Waals surface area contributed by atoms with Gasteiger partial charge in [-0.05, 0) is 6.07 Å². The van der Waals surface area contributed by atoms with Crippen molar-refractivity contribution in [3.8, 4) is 0 Å². The number of nitrogen functional groups attached to an aromatic ring is 2. The van der Waals surface area contributed by atoms with Gasteiger partial charge in [-0.1, -0.05) is 11.6 Å². The third-order valence-electron chi connectivity index (χ3n) is 1.87. The van der Waals surface area contributed by atoms with Crippen LogP contribution in [0.25, 0.3) is 0 Å². The summed E-state index contributed by atoms with van der Waals surface area (Å²) in [5.74, 6) is 1.58. The molecule has 8 heteroatoms. The molecule has 0 atom stereocenters. The molecule has 0 bridgehead atoms. The largest absolute Gasteiger partial charge is 0.384 e. The first-order chi connectivity index (χ1) is 8.13. The number of aromatic nitrogens is 4. The molecule has 2 rings (SSSR count). The number of rotatable bonds is 3. The van der Waals surface area contributed by atoms with E-state index in [2.05, 4.69) is 25.3 Å². The molecule has 0 aliphatic carbocycles. The first kappa shape index (κ1) is 11.3. The first-order valence-electron chi connectivity index (χ1n) is 4.75. The highest BCUT2D eigenvalue weighted by Gasteiger charge is 2.01. The van der Waals surface area contributed by atoms with Crippen molar-refractivity contribution in [3.63, 3.8) is 0 Å². The summed E-state index contributed by atoms with van der Waals surface area (Å²) in [6.45, 7) is 0.373. The van der Waals surface area contributed by atoms with E-state index in [1.807, 2.05) is 0 Å².